The number of aliphatic imine (C=N–C) groups is 1. The van der Waals surface area contributed by atoms with Crippen LogP contribution in [0.25, 0.3) is 16.9 Å². The van der Waals surface area contributed by atoms with Crippen molar-refractivity contribution >= 4 is 23.2 Å². The second-order valence-corrected chi connectivity index (χ2v) is 12.1. The summed E-state index contributed by atoms with van der Waals surface area (Å²) in [5.41, 5.74) is 5.78. The fourth-order valence-corrected chi connectivity index (χ4v) is 5.26. The van der Waals surface area contributed by atoms with E-state index in [4.69, 9.17) is 10.1 Å². The van der Waals surface area contributed by atoms with E-state index in [0.717, 1.165) is 28.1 Å². The van der Waals surface area contributed by atoms with Crippen LogP contribution in [-0.4, -0.2) is 67.1 Å². The Labute approximate surface area is 224 Å². The van der Waals surface area contributed by atoms with Gasteiger partial charge in [0.15, 0.2) is 5.65 Å². The first kappa shape index (κ1) is 25.8. The first-order valence-corrected chi connectivity index (χ1v) is 13.2. The van der Waals surface area contributed by atoms with Gasteiger partial charge in [-0.1, -0.05) is 44.5 Å². The quantitative estimate of drug-likeness (QED) is 0.504. The molecule has 0 N–H and O–H groups in total. The van der Waals surface area contributed by atoms with Gasteiger partial charge in [0.1, 0.15) is 11.4 Å². The average Bonchev–Trinajstić information content (AvgIpc) is 3.47. The van der Waals surface area contributed by atoms with Gasteiger partial charge in [0.05, 0.1) is 17.4 Å². The molecule has 8 nitrogen and oxygen atoms in total. The number of imidazole rings is 1. The molecule has 1 aromatic carbocycles. The van der Waals surface area contributed by atoms with Gasteiger partial charge in [-0.25, -0.2) is 9.50 Å². The van der Waals surface area contributed by atoms with E-state index < -0.39 is 5.54 Å². The monoisotopic (exact) mass is 512 g/mol. The van der Waals surface area contributed by atoms with Gasteiger partial charge >= 0.3 is 0 Å². The number of rotatable bonds is 3. The van der Waals surface area contributed by atoms with Gasteiger partial charge in [-0.15, -0.1) is 0 Å². The molecule has 1 fully saturated rings. The molecule has 0 aliphatic carbocycles. The summed E-state index contributed by atoms with van der Waals surface area (Å²) in [6, 6.07) is 10.3. The number of amides is 2. The third kappa shape index (κ3) is 4.75. The maximum Gasteiger partial charge on any atom is 0.274 e. The summed E-state index contributed by atoms with van der Waals surface area (Å²) in [5, 5.41) is 4.84. The smallest absolute Gasteiger partial charge is 0.274 e. The molecule has 0 bridgehead atoms. The third-order valence-corrected chi connectivity index (χ3v) is 7.32. The number of hydrogen-bond acceptors (Lipinski definition) is 5. The van der Waals surface area contributed by atoms with Crippen LogP contribution in [0.1, 0.15) is 69.6 Å². The summed E-state index contributed by atoms with van der Waals surface area (Å²) in [7, 11) is 0. The van der Waals surface area contributed by atoms with E-state index in [9.17, 15) is 9.59 Å². The molecule has 198 valence electrons. The summed E-state index contributed by atoms with van der Waals surface area (Å²) in [6.45, 7) is 15.7. The normalized spacial score (nSPS) is 17.6. The van der Waals surface area contributed by atoms with Crippen LogP contribution in [-0.2, 0) is 10.2 Å². The van der Waals surface area contributed by atoms with Crippen LogP contribution in [0.4, 0.5) is 0 Å². The standard InChI is InChI=1S/C30H36N6O2/c1-19-9-8-10-21(15-19)24-16-22(29(3,4)5)26-32-25(17-36(26)33-24)28(38)35-14-13-34(18-30(35,6)7)27(37)23-12-11-20(2)31-23/h8-10,12,15-17H,11,13-14,18H2,1-7H3. The fourth-order valence-electron chi connectivity index (χ4n) is 5.26. The molecule has 2 aliphatic rings. The van der Waals surface area contributed by atoms with Crippen LogP contribution >= 0.6 is 0 Å². The zero-order chi connectivity index (χ0) is 27.4. The van der Waals surface area contributed by atoms with Crippen LogP contribution in [0.2, 0.25) is 0 Å². The molecule has 0 spiro atoms. The van der Waals surface area contributed by atoms with Crippen LogP contribution in [0.5, 0.6) is 0 Å². The lowest BCUT2D eigenvalue weighted by atomic mass is 9.87. The molecule has 38 heavy (non-hydrogen) atoms. The van der Waals surface area contributed by atoms with Gasteiger partial charge in [0.2, 0.25) is 0 Å². The minimum Gasteiger partial charge on any atom is -0.333 e. The number of aryl methyl sites for hydroxylation is 1. The zero-order valence-corrected chi connectivity index (χ0v) is 23.4. The van der Waals surface area contributed by atoms with Crippen molar-refractivity contribution in [3.05, 3.63) is 65.1 Å². The summed E-state index contributed by atoms with van der Waals surface area (Å²) in [4.78, 5) is 39.6. The number of carbonyl (C=O) groups is 2. The van der Waals surface area contributed by atoms with E-state index in [1.807, 2.05) is 43.9 Å². The van der Waals surface area contributed by atoms with E-state index >= 15 is 0 Å². The van der Waals surface area contributed by atoms with Crippen molar-refractivity contribution in [2.75, 3.05) is 19.6 Å². The number of fused-ring (bicyclic) bond motifs is 1. The number of nitrogens with zero attached hydrogens (tertiary/aromatic N) is 6. The summed E-state index contributed by atoms with van der Waals surface area (Å²) in [5.74, 6) is -0.226. The Balaban J connectivity index is 1.46. The van der Waals surface area contributed by atoms with Crippen molar-refractivity contribution in [2.24, 2.45) is 4.99 Å². The van der Waals surface area contributed by atoms with Gasteiger partial charge in [-0.3, -0.25) is 14.6 Å². The van der Waals surface area contributed by atoms with Crippen molar-refractivity contribution in [1.82, 2.24) is 24.4 Å². The number of hydrogen-bond donors (Lipinski definition) is 0. The molecular weight excluding hydrogens is 476 g/mol. The van der Waals surface area contributed by atoms with Crippen LogP contribution in [0.3, 0.4) is 0 Å². The minimum absolute atomic E-state index is 0.0718. The van der Waals surface area contributed by atoms with Gasteiger partial charge in [-0.05, 0) is 51.3 Å². The molecular formula is C30H36N6O2. The molecule has 1 saturated heterocycles. The van der Waals surface area contributed by atoms with Crippen molar-refractivity contribution in [2.45, 2.75) is 65.8 Å². The summed E-state index contributed by atoms with van der Waals surface area (Å²) >= 11 is 0. The molecule has 4 heterocycles. The zero-order valence-electron chi connectivity index (χ0n) is 23.4. The molecule has 0 atom stereocenters. The van der Waals surface area contributed by atoms with E-state index in [-0.39, 0.29) is 17.2 Å². The van der Waals surface area contributed by atoms with Crippen LogP contribution in [0, 0.1) is 6.92 Å². The highest BCUT2D eigenvalue weighted by Crippen LogP contribution is 2.31. The maximum atomic E-state index is 13.8. The van der Waals surface area contributed by atoms with Crippen molar-refractivity contribution in [3.63, 3.8) is 0 Å². The average molecular weight is 513 g/mol. The van der Waals surface area contributed by atoms with Gasteiger partial charge in [0.25, 0.3) is 11.8 Å². The Morgan fingerprint density at radius 1 is 1.03 bits per heavy atom. The number of benzene rings is 1. The third-order valence-electron chi connectivity index (χ3n) is 7.32. The Morgan fingerprint density at radius 2 is 1.79 bits per heavy atom. The number of piperazine rings is 1. The lowest BCUT2D eigenvalue weighted by Crippen LogP contribution is -2.62. The predicted molar refractivity (Wildman–Crippen MR) is 149 cm³/mol. The lowest BCUT2D eigenvalue weighted by molar-refractivity contribution is -0.131. The molecule has 0 saturated carbocycles. The highest BCUT2D eigenvalue weighted by atomic mass is 16.2. The largest absolute Gasteiger partial charge is 0.333 e. The molecule has 3 aromatic rings. The number of aromatic nitrogens is 3. The van der Waals surface area contributed by atoms with Gasteiger partial charge < -0.3 is 9.80 Å². The first-order valence-electron chi connectivity index (χ1n) is 13.2. The van der Waals surface area contributed by atoms with E-state index in [0.29, 0.717) is 43.1 Å². The Morgan fingerprint density at radius 3 is 2.42 bits per heavy atom. The highest BCUT2D eigenvalue weighted by molar-refractivity contribution is 6.01. The molecule has 0 unspecified atom stereocenters. The van der Waals surface area contributed by atoms with Crippen molar-refractivity contribution < 1.29 is 9.59 Å². The van der Waals surface area contributed by atoms with Gasteiger partial charge in [-0.2, -0.15) is 5.10 Å². The van der Waals surface area contributed by atoms with Crippen molar-refractivity contribution in [3.8, 4) is 11.3 Å². The SMILES string of the molecule is CC1=NC(C(=O)N2CCN(C(=O)c3cn4nc(-c5cccc(C)c5)cc(C(C)(C)C)c4n3)C(C)(C)C2)=CC1. The molecule has 0 radical (unpaired) electrons. The van der Waals surface area contributed by atoms with E-state index in [2.05, 4.69) is 50.9 Å². The summed E-state index contributed by atoms with van der Waals surface area (Å²) in [6.07, 6.45) is 4.33. The molecule has 2 amide bonds. The van der Waals surface area contributed by atoms with Crippen LogP contribution < -0.4 is 0 Å². The Hall–Kier alpha value is -3.81. The predicted octanol–water partition coefficient (Wildman–Crippen LogP) is 4.81. The Bertz CT molecular complexity index is 1500. The number of carbonyl (C=O) groups excluding carboxylic acids is 2. The topological polar surface area (TPSA) is 83.2 Å². The number of allylic oxidation sites excluding steroid dienone is 1. The molecule has 8 heteroatoms. The molecule has 2 aromatic heterocycles. The highest BCUT2D eigenvalue weighted by Gasteiger charge is 2.40. The van der Waals surface area contributed by atoms with Gasteiger partial charge in [0, 0.05) is 42.9 Å². The van der Waals surface area contributed by atoms with E-state index in [1.54, 1.807) is 15.6 Å². The first-order chi connectivity index (χ1) is 17.8. The van der Waals surface area contributed by atoms with E-state index in [1.165, 1.54) is 0 Å². The molecule has 2 aliphatic heterocycles. The fraction of sp³-hybridized carbons (Fsp3) is 0.433. The second kappa shape index (κ2) is 9.19. The van der Waals surface area contributed by atoms with Crippen LogP contribution in [0.15, 0.2) is 53.3 Å². The maximum absolute atomic E-state index is 13.8. The second-order valence-electron chi connectivity index (χ2n) is 12.1. The Kier molecular flexibility index (Phi) is 6.24. The summed E-state index contributed by atoms with van der Waals surface area (Å²) < 4.78 is 1.74. The molecule has 5 rings (SSSR count). The minimum atomic E-state index is -0.564. The lowest BCUT2D eigenvalue weighted by Gasteiger charge is -2.46. The van der Waals surface area contributed by atoms with Crippen molar-refractivity contribution in [1.29, 1.82) is 0 Å².